The molecule has 1 heterocycles. The van der Waals surface area contributed by atoms with E-state index in [1.54, 1.807) is 49.7 Å². The molecule has 7 heteroatoms. The number of aromatic nitrogens is 1. The predicted molar refractivity (Wildman–Crippen MR) is 102 cm³/mol. The molecule has 0 bridgehead atoms. The van der Waals surface area contributed by atoms with Crippen molar-refractivity contribution >= 4 is 33.3 Å². The van der Waals surface area contributed by atoms with Gasteiger partial charge in [-0.05, 0) is 55.8 Å². The lowest BCUT2D eigenvalue weighted by molar-refractivity contribution is 0.415. The van der Waals surface area contributed by atoms with Gasteiger partial charge < -0.3 is 10.5 Å². The van der Waals surface area contributed by atoms with Gasteiger partial charge in [-0.15, -0.1) is 12.4 Å². The van der Waals surface area contributed by atoms with Crippen molar-refractivity contribution in [3.8, 4) is 5.75 Å². The van der Waals surface area contributed by atoms with E-state index in [1.165, 1.54) is 3.97 Å². The Hall–Kier alpha value is -2.02. The standard InChI is InChI=1S/C18H20N2O3S.ClH/c1-13-3-6-16(7-4-13)24(21,22)20-12-14(9-10-19)17-11-15(23-2)5-8-18(17)20;/h3-8,11-12H,9-10,19H2,1-2H3;1H. The minimum Gasteiger partial charge on any atom is -0.497 e. The van der Waals surface area contributed by atoms with Gasteiger partial charge in [0, 0.05) is 11.6 Å². The van der Waals surface area contributed by atoms with E-state index >= 15 is 0 Å². The molecule has 0 aliphatic carbocycles. The van der Waals surface area contributed by atoms with Crippen LogP contribution in [0.15, 0.2) is 53.6 Å². The number of nitrogens with zero attached hydrogens (tertiary/aromatic N) is 1. The molecule has 0 spiro atoms. The minimum absolute atomic E-state index is 0. The summed E-state index contributed by atoms with van der Waals surface area (Å²) < 4.78 is 32.7. The van der Waals surface area contributed by atoms with Gasteiger partial charge in [0.2, 0.25) is 0 Å². The normalized spacial score (nSPS) is 11.3. The smallest absolute Gasteiger partial charge is 0.268 e. The van der Waals surface area contributed by atoms with E-state index in [0.29, 0.717) is 24.2 Å². The highest BCUT2D eigenvalue weighted by atomic mass is 35.5. The second-order valence-electron chi connectivity index (χ2n) is 5.69. The van der Waals surface area contributed by atoms with Crippen LogP contribution in [0.2, 0.25) is 0 Å². The first-order valence-corrected chi connectivity index (χ1v) is 9.11. The number of benzene rings is 2. The van der Waals surface area contributed by atoms with E-state index in [1.807, 2.05) is 13.0 Å². The van der Waals surface area contributed by atoms with Crippen LogP contribution in [0.25, 0.3) is 10.9 Å². The summed E-state index contributed by atoms with van der Waals surface area (Å²) >= 11 is 0. The Balaban J connectivity index is 0.00000225. The molecule has 0 aliphatic rings. The third kappa shape index (κ3) is 3.51. The van der Waals surface area contributed by atoms with Crippen LogP contribution in [0.5, 0.6) is 5.75 Å². The van der Waals surface area contributed by atoms with Gasteiger partial charge >= 0.3 is 0 Å². The summed E-state index contributed by atoms with van der Waals surface area (Å²) in [6.45, 7) is 2.37. The van der Waals surface area contributed by atoms with Crippen molar-refractivity contribution in [2.75, 3.05) is 13.7 Å². The molecule has 5 nitrogen and oxygen atoms in total. The lowest BCUT2D eigenvalue weighted by Gasteiger charge is -2.08. The number of hydrogen-bond acceptors (Lipinski definition) is 4. The summed E-state index contributed by atoms with van der Waals surface area (Å²) in [5, 5.41) is 0.843. The topological polar surface area (TPSA) is 74.3 Å². The maximum absolute atomic E-state index is 13.0. The molecule has 134 valence electrons. The Morgan fingerprint density at radius 3 is 2.40 bits per heavy atom. The van der Waals surface area contributed by atoms with Crippen LogP contribution in [0.4, 0.5) is 0 Å². The molecule has 0 atom stereocenters. The molecule has 3 rings (SSSR count). The molecule has 2 aromatic carbocycles. The van der Waals surface area contributed by atoms with Crippen molar-refractivity contribution in [3.05, 3.63) is 59.8 Å². The minimum atomic E-state index is -3.66. The molecule has 0 radical (unpaired) electrons. The van der Waals surface area contributed by atoms with Crippen molar-refractivity contribution in [3.63, 3.8) is 0 Å². The summed E-state index contributed by atoms with van der Waals surface area (Å²) in [6.07, 6.45) is 2.26. The maximum Gasteiger partial charge on any atom is 0.268 e. The van der Waals surface area contributed by atoms with Gasteiger partial charge in [-0.25, -0.2) is 12.4 Å². The van der Waals surface area contributed by atoms with Gasteiger partial charge in [0.15, 0.2) is 0 Å². The first-order valence-electron chi connectivity index (χ1n) is 7.67. The Labute approximate surface area is 153 Å². The number of methoxy groups -OCH3 is 1. The zero-order chi connectivity index (χ0) is 17.3. The molecule has 2 N–H and O–H groups in total. The summed E-state index contributed by atoms with van der Waals surface area (Å²) in [5.74, 6) is 0.686. The molecule has 0 unspecified atom stereocenters. The zero-order valence-corrected chi connectivity index (χ0v) is 15.7. The van der Waals surface area contributed by atoms with E-state index in [4.69, 9.17) is 10.5 Å². The molecule has 25 heavy (non-hydrogen) atoms. The molecule has 0 fully saturated rings. The number of hydrogen-bond donors (Lipinski definition) is 1. The van der Waals surface area contributed by atoms with Crippen LogP contribution in [0.1, 0.15) is 11.1 Å². The Kier molecular flexibility index (Phi) is 5.77. The predicted octanol–water partition coefficient (Wildman–Crippen LogP) is 3.12. The van der Waals surface area contributed by atoms with Crippen molar-refractivity contribution in [1.82, 2.24) is 3.97 Å². The van der Waals surface area contributed by atoms with E-state index in [0.717, 1.165) is 16.5 Å². The fraction of sp³-hybridized carbons (Fsp3) is 0.222. The molecule has 1 aromatic heterocycles. The molecule has 3 aromatic rings. The summed E-state index contributed by atoms with van der Waals surface area (Å²) in [7, 11) is -2.08. The second kappa shape index (κ2) is 7.47. The van der Waals surface area contributed by atoms with Gasteiger partial charge in [0.1, 0.15) is 5.75 Å². The highest BCUT2D eigenvalue weighted by Crippen LogP contribution is 2.29. The van der Waals surface area contributed by atoms with Crippen molar-refractivity contribution < 1.29 is 13.2 Å². The molecule has 0 saturated heterocycles. The van der Waals surface area contributed by atoms with Crippen molar-refractivity contribution in [2.45, 2.75) is 18.2 Å². The molecular formula is C18H21ClN2O3S. The van der Waals surface area contributed by atoms with Crippen LogP contribution in [-0.2, 0) is 16.4 Å². The lowest BCUT2D eigenvalue weighted by atomic mass is 10.1. The average molecular weight is 381 g/mol. The highest BCUT2D eigenvalue weighted by molar-refractivity contribution is 7.90. The molecule has 0 aliphatic heterocycles. The monoisotopic (exact) mass is 380 g/mol. The Morgan fingerprint density at radius 2 is 1.80 bits per heavy atom. The van der Waals surface area contributed by atoms with E-state index in [-0.39, 0.29) is 17.3 Å². The van der Waals surface area contributed by atoms with Gasteiger partial charge in [-0.2, -0.15) is 0 Å². The SMILES string of the molecule is COc1ccc2c(c1)c(CCN)cn2S(=O)(=O)c1ccc(C)cc1.Cl. The van der Waals surface area contributed by atoms with Gasteiger partial charge in [-0.3, -0.25) is 0 Å². The van der Waals surface area contributed by atoms with Crippen LogP contribution in [0, 0.1) is 6.92 Å². The van der Waals surface area contributed by atoms with Crippen LogP contribution in [0.3, 0.4) is 0 Å². The van der Waals surface area contributed by atoms with Gasteiger partial charge in [0.25, 0.3) is 10.0 Å². The van der Waals surface area contributed by atoms with Crippen molar-refractivity contribution in [2.24, 2.45) is 5.73 Å². The number of fused-ring (bicyclic) bond motifs is 1. The number of nitrogens with two attached hydrogens (primary N) is 1. The Bertz CT molecular complexity index is 979. The van der Waals surface area contributed by atoms with E-state index in [9.17, 15) is 8.42 Å². The van der Waals surface area contributed by atoms with Crippen molar-refractivity contribution in [1.29, 1.82) is 0 Å². The lowest BCUT2D eigenvalue weighted by Crippen LogP contribution is -2.12. The van der Waals surface area contributed by atoms with Gasteiger partial charge in [-0.1, -0.05) is 17.7 Å². The number of ether oxygens (including phenoxy) is 1. The largest absolute Gasteiger partial charge is 0.497 e. The van der Waals surface area contributed by atoms with Crippen LogP contribution in [-0.4, -0.2) is 26.0 Å². The third-order valence-corrected chi connectivity index (χ3v) is 5.74. The summed E-state index contributed by atoms with van der Waals surface area (Å²) in [6, 6.07) is 12.2. The number of halogens is 1. The molecule has 0 saturated carbocycles. The number of rotatable bonds is 5. The van der Waals surface area contributed by atoms with Crippen LogP contribution >= 0.6 is 12.4 Å². The molecular weight excluding hydrogens is 360 g/mol. The van der Waals surface area contributed by atoms with E-state index in [2.05, 4.69) is 0 Å². The Morgan fingerprint density at radius 1 is 1.12 bits per heavy atom. The quantitative estimate of drug-likeness (QED) is 0.738. The molecule has 0 amide bonds. The van der Waals surface area contributed by atoms with Gasteiger partial charge in [0.05, 0.1) is 17.5 Å². The second-order valence-corrected chi connectivity index (χ2v) is 7.50. The average Bonchev–Trinajstić information content (AvgIpc) is 2.94. The first kappa shape index (κ1) is 19.3. The van der Waals surface area contributed by atoms with Crippen LogP contribution < -0.4 is 10.5 Å². The third-order valence-electron chi connectivity index (χ3n) is 4.05. The summed E-state index contributed by atoms with van der Waals surface area (Å²) in [4.78, 5) is 0.264. The fourth-order valence-electron chi connectivity index (χ4n) is 2.75. The highest BCUT2D eigenvalue weighted by Gasteiger charge is 2.21. The zero-order valence-electron chi connectivity index (χ0n) is 14.1. The first-order chi connectivity index (χ1) is 11.5. The maximum atomic E-state index is 13.0. The summed E-state index contributed by atoms with van der Waals surface area (Å²) in [5.41, 5.74) is 8.21. The fourth-order valence-corrected chi connectivity index (χ4v) is 4.14. The number of aryl methyl sites for hydroxylation is 1. The van der Waals surface area contributed by atoms with E-state index < -0.39 is 10.0 Å².